The van der Waals surface area contributed by atoms with Gasteiger partial charge in [0.05, 0.1) is 5.92 Å². The molecule has 3 rings (SSSR count). The second-order valence-corrected chi connectivity index (χ2v) is 7.36. The minimum absolute atomic E-state index is 0.0118. The maximum atomic E-state index is 12.5. The molecule has 4 heteroatoms. The number of hydrogen-bond acceptors (Lipinski definition) is 2. The Morgan fingerprint density at radius 3 is 2.38 bits per heavy atom. The Morgan fingerprint density at radius 1 is 1.12 bits per heavy atom. The molecule has 1 heterocycles. The molecule has 2 aromatic carbocycles. The van der Waals surface area contributed by atoms with E-state index in [-0.39, 0.29) is 24.2 Å². The third-order valence-corrected chi connectivity index (χ3v) is 4.95. The molecule has 0 aromatic heterocycles. The molecule has 1 atom stereocenters. The molecule has 1 aliphatic heterocycles. The molecule has 1 unspecified atom stereocenters. The highest BCUT2D eigenvalue weighted by atomic mass is 16.2. The molecule has 2 amide bonds. The lowest BCUT2D eigenvalue weighted by molar-refractivity contribution is -0.126. The van der Waals surface area contributed by atoms with Crippen molar-refractivity contribution >= 4 is 17.5 Å². The fourth-order valence-corrected chi connectivity index (χ4v) is 3.21. The Bertz CT molecular complexity index is 779. The molecule has 4 nitrogen and oxygen atoms in total. The van der Waals surface area contributed by atoms with Gasteiger partial charge in [0.1, 0.15) is 0 Å². The maximum absolute atomic E-state index is 12.5. The van der Waals surface area contributed by atoms with E-state index in [4.69, 9.17) is 0 Å². The monoisotopic (exact) mass is 350 g/mol. The zero-order chi connectivity index (χ0) is 18.7. The van der Waals surface area contributed by atoms with Gasteiger partial charge in [-0.15, -0.1) is 0 Å². The van der Waals surface area contributed by atoms with Crippen LogP contribution in [0.4, 0.5) is 5.69 Å². The second-order valence-electron chi connectivity index (χ2n) is 7.36. The Morgan fingerprint density at radius 2 is 1.77 bits per heavy atom. The predicted octanol–water partition coefficient (Wildman–Crippen LogP) is 3.79. The fraction of sp³-hybridized carbons (Fsp3) is 0.364. The van der Waals surface area contributed by atoms with Gasteiger partial charge in [0.15, 0.2) is 0 Å². The van der Waals surface area contributed by atoms with E-state index in [1.165, 1.54) is 11.1 Å². The molecule has 0 radical (unpaired) electrons. The van der Waals surface area contributed by atoms with E-state index in [1.54, 1.807) is 4.90 Å². The molecule has 1 aliphatic rings. The molecule has 26 heavy (non-hydrogen) atoms. The Labute approximate surface area is 155 Å². The van der Waals surface area contributed by atoms with Crippen LogP contribution in [-0.2, 0) is 16.1 Å². The van der Waals surface area contributed by atoms with Crippen molar-refractivity contribution in [1.82, 2.24) is 5.32 Å². The third kappa shape index (κ3) is 4.13. The lowest BCUT2D eigenvalue weighted by atomic mass is 10.0. The Kier molecular flexibility index (Phi) is 5.40. The predicted molar refractivity (Wildman–Crippen MR) is 104 cm³/mol. The molecular weight excluding hydrogens is 324 g/mol. The Hall–Kier alpha value is -2.62. The lowest BCUT2D eigenvalue weighted by Gasteiger charge is -2.18. The summed E-state index contributed by atoms with van der Waals surface area (Å²) < 4.78 is 0. The molecule has 2 aromatic rings. The minimum Gasteiger partial charge on any atom is -0.352 e. The quantitative estimate of drug-likeness (QED) is 0.892. The number of carbonyl (C=O) groups is 2. The van der Waals surface area contributed by atoms with Gasteiger partial charge in [0.2, 0.25) is 11.8 Å². The van der Waals surface area contributed by atoms with E-state index < -0.39 is 0 Å². The van der Waals surface area contributed by atoms with E-state index in [2.05, 4.69) is 31.3 Å². The van der Waals surface area contributed by atoms with Gasteiger partial charge in [-0.05, 0) is 36.1 Å². The first-order valence-electron chi connectivity index (χ1n) is 9.17. The molecule has 0 saturated carbocycles. The summed E-state index contributed by atoms with van der Waals surface area (Å²) in [6, 6.07) is 16.1. The van der Waals surface area contributed by atoms with Crippen LogP contribution >= 0.6 is 0 Å². The number of anilines is 1. The van der Waals surface area contributed by atoms with Crippen LogP contribution in [0.2, 0.25) is 0 Å². The van der Waals surface area contributed by atoms with Gasteiger partial charge in [0.25, 0.3) is 0 Å². The van der Waals surface area contributed by atoms with Crippen molar-refractivity contribution < 1.29 is 9.59 Å². The van der Waals surface area contributed by atoms with Crippen LogP contribution in [-0.4, -0.2) is 18.4 Å². The van der Waals surface area contributed by atoms with Crippen LogP contribution in [0.25, 0.3) is 0 Å². The van der Waals surface area contributed by atoms with Gasteiger partial charge in [-0.3, -0.25) is 9.59 Å². The van der Waals surface area contributed by atoms with Crippen molar-refractivity contribution in [3.63, 3.8) is 0 Å². The van der Waals surface area contributed by atoms with Crippen LogP contribution < -0.4 is 10.2 Å². The van der Waals surface area contributed by atoms with Gasteiger partial charge >= 0.3 is 0 Å². The summed E-state index contributed by atoms with van der Waals surface area (Å²) in [6.07, 6.45) is 0.270. The molecule has 0 spiro atoms. The number of nitrogens with one attached hydrogen (secondary N) is 1. The number of aryl methyl sites for hydroxylation is 1. The van der Waals surface area contributed by atoms with E-state index in [0.717, 1.165) is 11.3 Å². The smallest absolute Gasteiger partial charge is 0.227 e. The van der Waals surface area contributed by atoms with Crippen LogP contribution in [0.5, 0.6) is 0 Å². The Balaban J connectivity index is 1.59. The number of hydrogen-bond donors (Lipinski definition) is 1. The SMILES string of the molecule is Cc1ccc(CNC(=O)C2CC(=O)N(c3ccc(C(C)C)cc3)C2)cc1. The zero-order valence-electron chi connectivity index (χ0n) is 15.7. The average molecular weight is 350 g/mol. The topological polar surface area (TPSA) is 49.4 Å². The highest BCUT2D eigenvalue weighted by molar-refractivity contribution is 6.00. The lowest BCUT2D eigenvalue weighted by Crippen LogP contribution is -2.32. The normalized spacial score (nSPS) is 17.0. The van der Waals surface area contributed by atoms with Crippen LogP contribution in [0.1, 0.15) is 42.9 Å². The number of nitrogens with zero attached hydrogens (tertiary/aromatic N) is 1. The summed E-state index contributed by atoms with van der Waals surface area (Å²) in [5.41, 5.74) is 4.37. The summed E-state index contributed by atoms with van der Waals surface area (Å²) in [5.74, 6) is 0.120. The molecule has 1 saturated heterocycles. The summed E-state index contributed by atoms with van der Waals surface area (Å²) in [6.45, 7) is 7.26. The first-order chi connectivity index (χ1) is 12.4. The fourth-order valence-electron chi connectivity index (χ4n) is 3.21. The molecular formula is C22H26N2O2. The van der Waals surface area contributed by atoms with Crippen LogP contribution in [0, 0.1) is 12.8 Å². The number of carbonyl (C=O) groups excluding carboxylic acids is 2. The number of rotatable bonds is 5. The third-order valence-electron chi connectivity index (χ3n) is 4.95. The second kappa shape index (κ2) is 7.73. The van der Waals surface area contributed by atoms with Crippen LogP contribution in [0.3, 0.4) is 0 Å². The first-order valence-corrected chi connectivity index (χ1v) is 9.17. The van der Waals surface area contributed by atoms with Gasteiger partial charge in [-0.1, -0.05) is 55.8 Å². The summed E-state index contributed by atoms with van der Waals surface area (Å²) >= 11 is 0. The van der Waals surface area contributed by atoms with Gasteiger partial charge < -0.3 is 10.2 Å². The standard InChI is InChI=1S/C22H26N2O2/c1-15(2)18-8-10-20(11-9-18)24-14-19(12-21(24)25)22(26)23-13-17-6-4-16(3)5-7-17/h4-11,15,19H,12-14H2,1-3H3,(H,23,26). The molecule has 1 fully saturated rings. The zero-order valence-corrected chi connectivity index (χ0v) is 15.7. The summed E-state index contributed by atoms with van der Waals surface area (Å²) in [5, 5.41) is 2.96. The molecule has 136 valence electrons. The first kappa shape index (κ1) is 18.2. The van der Waals surface area contributed by atoms with Gasteiger partial charge in [-0.2, -0.15) is 0 Å². The number of benzene rings is 2. The maximum Gasteiger partial charge on any atom is 0.227 e. The number of amides is 2. The van der Waals surface area contributed by atoms with E-state index in [9.17, 15) is 9.59 Å². The van der Waals surface area contributed by atoms with E-state index in [0.29, 0.717) is 19.0 Å². The highest BCUT2D eigenvalue weighted by Gasteiger charge is 2.34. The molecule has 0 aliphatic carbocycles. The molecule has 1 N–H and O–H groups in total. The van der Waals surface area contributed by atoms with Crippen molar-refractivity contribution in [2.24, 2.45) is 5.92 Å². The van der Waals surface area contributed by atoms with Crippen molar-refractivity contribution in [2.45, 2.75) is 39.7 Å². The van der Waals surface area contributed by atoms with Crippen molar-refractivity contribution in [3.05, 3.63) is 65.2 Å². The molecule has 0 bridgehead atoms. The van der Waals surface area contributed by atoms with Crippen molar-refractivity contribution in [1.29, 1.82) is 0 Å². The van der Waals surface area contributed by atoms with Gasteiger partial charge in [0, 0.05) is 25.2 Å². The van der Waals surface area contributed by atoms with Crippen LogP contribution in [0.15, 0.2) is 48.5 Å². The minimum atomic E-state index is -0.294. The van der Waals surface area contributed by atoms with E-state index >= 15 is 0 Å². The van der Waals surface area contributed by atoms with E-state index in [1.807, 2.05) is 43.3 Å². The summed E-state index contributed by atoms with van der Waals surface area (Å²) in [7, 11) is 0. The largest absolute Gasteiger partial charge is 0.352 e. The van der Waals surface area contributed by atoms with Gasteiger partial charge in [-0.25, -0.2) is 0 Å². The van der Waals surface area contributed by atoms with Crippen molar-refractivity contribution in [2.75, 3.05) is 11.4 Å². The summed E-state index contributed by atoms with van der Waals surface area (Å²) in [4.78, 5) is 26.5. The highest BCUT2D eigenvalue weighted by Crippen LogP contribution is 2.27. The average Bonchev–Trinajstić information content (AvgIpc) is 3.03. The van der Waals surface area contributed by atoms with Crippen molar-refractivity contribution in [3.8, 4) is 0 Å².